The molecule has 0 radical (unpaired) electrons. The summed E-state index contributed by atoms with van der Waals surface area (Å²) < 4.78 is 6.00. The molecule has 1 unspecified atom stereocenters. The van der Waals surface area contributed by atoms with Crippen LogP contribution in [0.5, 0.6) is 11.5 Å². The normalized spacial score (nSPS) is 16.8. The number of Topliss-reactive ketones (excluding diaryl/α,β-unsaturated/α-hetero) is 1. The average Bonchev–Trinajstić information content (AvgIpc) is 3.16. The van der Waals surface area contributed by atoms with Gasteiger partial charge in [-0.2, -0.15) is 0 Å². The van der Waals surface area contributed by atoms with Crippen LogP contribution >= 0.6 is 11.6 Å². The Kier molecular flexibility index (Phi) is 6.32. The van der Waals surface area contributed by atoms with Gasteiger partial charge in [0.15, 0.2) is 0 Å². The first kappa shape index (κ1) is 23.4. The fourth-order valence-electron chi connectivity index (χ4n) is 4.26. The van der Waals surface area contributed by atoms with Gasteiger partial charge in [-0.3, -0.25) is 14.5 Å². The zero-order valence-electron chi connectivity index (χ0n) is 19.4. The number of carbonyl (C=O) groups is 2. The molecule has 5 rings (SSSR count). The van der Waals surface area contributed by atoms with E-state index in [1.54, 1.807) is 54.6 Å². The van der Waals surface area contributed by atoms with Crippen molar-refractivity contribution in [1.82, 2.24) is 0 Å². The number of anilines is 1. The predicted molar refractivity (Wildman–Crippen MR) is 140 cm³/mol. The number of ketones is 1. The standard InChI is InChI=1S/C30H22ClNO4/c1-19-10-16-23(17-11-19)32-27(21-6-5-9-25(18-21)36-24-7-3-2-4-8-24)26(29(34)30(32)35)28(33)20-12-14-22(31)15-13-20/h2-18,27,33H,1H3/b28-26-. The molecule has 1 saturated heterocycles. The summed E-state index contributed by atoms with van der Waals surface area (Å²) >= 11 is 6.01. The van der Waals surface area contributed by atoms with Crippen LogP contribution in [0.1, 0.15) is 22.7 Å². The molecule has 178 valence electrons. The van der Waals surface area contributed by atoms with E-state index < -0.39 is 17.7 Å². The van der Waals surface area contributed by atoms with Gasteiger partial charge in [-0.15, -0.1) is 0 Å². The zero-order valence-corrected chi connectivity index (χ0v) is 20.1. The van der Waals surface area contributed by atoms with Crippen LogP contribution in [0.25, 0.3) is 5.76 Å². The van der Waals surface area contributed by atoms with Gasteiger partial charge in [0.25, 0.3) is 11.7 Å². The second-order valence-electron chi connectivity index (χ2n) is 8.50. The number of rotatable bonds is 5. The number of ether oxygens (including phenoxy) is 1. The second-order valence-corrected chi connectivity index (χ2v) is 8.94. The highest BCUT2D eigenvalue weighted by Crippen LogP contribution is 2.43. The molecule has 1 fully saturated rings. The van der Waals surface area contributed by atoms with Crippen molar-refractivity contribution in [3.63, 3.8) is 0 Å². The monoisotopic (exact) mass is 495 g/mol. The number of amides is 1. The third-order valence-electron chi connectivity index (χ3n) is 6.03. The summed E-state index contributed by atoms with van der Waals surface area (Å²) in [7, 11) is 0. The highest BCUT2D eigenvalue weighted by Gasteiger charge is 2.47. The molecule has 36 heavy (non-hydrogen) atoms. The number of aryl methyl sites for hydroxylation is 1. The number of carbonyl (C=O) groups excluding carboxylic acids is 2. The summed E-state index contributed by atoms with van der Waals surface area (Å²) in [4.78, 5) is 28.1. The van der Waals surface area contributed by atoms with Crippen LogP contribution in [0.2, 0.25) is 5.02 Å². The molecule has 1 N–H and O–H groups in total. The maximum atomic E-state index is 13.3. The Balaban J connectivity index is 1.66. The van der Waals surface area contributed by atoms with Gasteiger partial charge >= 0.3 is 0 Å². The molecule has 1 amide bonds. The van der Waals surface area contributed by atoms with E-state index in [0.29, 0.717) is 33.3 Å². The van der Waals surface area contributed by atoms with E-state index in [9.17, 15) is 14.7 Å². The molecular formula is C30H22ClNO4. The smallest absolute Gasteiger partial charge is 0.300 e. The van der Waals surface area contributed by atoms with E-state index >= 15 is 0 Å². The molecule has 5 nitrogen and oxygen atoms in total. The SMILES string of the molecule is Cc1ccc(N2C(=O)C(=O)/C(=C(\O)c3ccc(Cl)cc3)C2c2cccc(Oc3ccccc3)c2)cc1. The molecule has 0 aliphatic carbocycles. The summed E-state index contributed by atoms with van der Waals surface area (Å²) in [6.07, 6.45) is 0. The minimum Gasteiger partial charge on any atom is -0.507 e. The molecule has 1 heterocycles. The molecular weight excluding hydrogens is 474 g/mol. The van der Waals surface area contributed by atoms with Crippen molar-refractivity contribution >= 4 is 34.7 Å². The number of aliphatic hydroxyl groups excluding tert-OH is 1. The Morgan fingerprint density at radius 1 is 0.833 bits per heavy atom. The van der Waals surface area contributed by atoms with E-state index in [1.165, 1.54) is 4.90 Å². The fourth-order valence-corrected chi connectivity index (χ4v) is 4.38. The predicted octanol–water partition coefficient (Wildman–Crippen LogP) is 7.07. The van der Waals surface area contributed by atoms with Gasteiger partial charge in [-0.25, -0.2) is 0 Å². The molecule has 0 spiro atoms. The van der Waals surface area contributed by atoms with Crippen LogP contribution in [0.4, 0.5) is 5.69 Å². The lowest BCUT2D eigenvalue weighted by Gasteiger charge is -2.26. The van der Waals surface area contributed by atoms with Gasteiger partial charge < -0.3 is 9.84 Å². The van der Waals surface area contributed by atoms with Gasteiger partial charge in [0, 0.05) is 16.3 Å². The summed E-state index contributed by atoms with van der Waals surface area (Å²) in [5, 5.41) is 11.7. The first-order chi connectivity index (χ1) is 17.4. The van der Waals surface area contributed by atoms with E-state index in [4.69, 9.17) is 16.3 Å². The summed E-state index contributed by atoms with van der Waals surface area (Å²) in [6.45, 7) is 1.94. The Morgan fingerprint density at radius 3 is 2.19 bits per heavy atom. The van der Waals surface area contributed by atoms with E-state index in [2.05, 4.69) is 0 Å². The van der Waals surface area contributed by atoms with Gasteiger partial charge in [0.2, 0.25) is 0 Å². The summed E-state index contributed by atoms with van der Waals surface area (Å²) in [5.74, 6) is -0.543. The van der Waals surface area contributed by atoms with Crippen LogP contribution in [0, 0.1) is 6.92 Å². The minimum atomic E-state index is -0.859. The first-order valence-corrected chi connectivity index (χ1v) is 11.8. The van der Waals surface area contributed by atoms with Crippen molar-refractivity contribution in [3.05, 3.63) is 130 Å². The molecule has 1 aliphatic rings. The van der Waals surface area contributed by atoms with E-state index in [1.807, 2.05) is 55.5 Å². The average molecular weight is 496 g/mol. The summed E-state index contributed by atoms with van der Waals surface area (Å²) in [5.41, 5.74) is 2.59. The van der Waals surface area contributed by atoms with Crippen molar-refractivity contribution in [2.24, 2.45) is 0 Å². The number of benzene rings is 4. The highest BCUT2D eigenvalue weighted by molar-refractivity contribution is 6.51. The van der Waals surface area contributed by atoms with Crippen molar-refractivity contribution in [3.8, 4) is 11.5 Å². The lowest BCUT2D eigenvalue weighted by atomic mass is 9.95. The topological polar surface area (TPSA) is 66.8 Å². The fraction of sp³-hybridized carbons (Fsp3) is 0.0667. The lowest BCUT2D eigenvalue weighted by molar-refractivity contribution is -0.132. The first-order valence-electron chi connectivity index (χ1n) is 11.4. The Hall–Kier alpha value is -4.35. The number of halogens is 1. The number of hydrogen-bond acceptors (Lipinski definition) is 4. The Morgan fingerprint density at radius 2 is 1.50 bits per heavy atom. The molecule has 6 heteroatoms. The van der Waals surface area contributed by atoms with Gasteiger partial charge in [0.1, 0.15) is 17.3 Å². The van der Waals surface area contributed by atoms with Crippen molar-refractivity contribution in [2.75, 3.05) is 4.90 Å². The highest BCUT2D eigenvalue weighted by atomic mass is 35.5. The van der Waals surface area contributed by atoms with Gasteiger partial charge in [-0.05, 0) is 73.2 Å². The number of nitrogens with zero attached hydrogens (tertiary/aromatic N) is 1. The maximum absolute atomic E-state index is 13.3. The van der Waals surface area contributed by atoms with Crippen LogP contribution in [-0.4, -0.2) is 16.8 Å². The third kappa shape index (κ3) is 4.49. The van der Waals surface area contributed by atoms with Crippen LogP contribution in [0.15, 0.2) is 109 Å². The summed E-state index contributed by atoms with van der Waals surface area (Å²) in [6, 6.07) is 29.4. The Bertz CT molecular complexity index is 1460. The van der Waals surface area contributed by atoms with Crippen LogP contribution in [0.3, 0.4) is 0 Å². The van der Waals surface area contributed by atoms with Crippen molar-refractivity contribution in [2.45, 2.75) is 13.0 Å². The number of hydrogen-bond donors (Lipinski definition) is 1. The zero-order chi connectivity index (χ0) is 25.2. The molecule has 0 saturated carbocycles. The maximum Gasteiger partial charge on any atom is 0.300 e. The van der Waals surface area contributed by atoms with Gasteiger partial charge in [0.05, 0.1) is 11.6 Å². The molecule has 1 atom stereocenters. The van der Waals surface area contributed by atoms with Crippen molar-refractivity contribution < 1.29 is 19.4 Å². The van der Waals surface area contributed by atoms with Gasteiger partial charge in [-0.1, -0.05) is 59.6 Å². The minimum absolute atomic E-state index is 0.000224. The molecule has 4 aromatic rings. The van der Waals surface area contributed by atoms with E-state index in [-0.39, 0.29) is 11.3 Å². The molecule has 0 aromatic heterocycles. The van der Waals surface area contributed by atoms with Crippen LogP contribution in [-0.2, 0) is 9.59 Å². The largest absolute Gasteiger partial charge is 0.507 e. The van der Waals surface area contributed by atoms with E-state index in [0.717, 1.165) is 5.56 Å². The molecule has 4 aromatic carbocycles. The molecule has 1 aliphatic heterocycles. The lowest BCUT2D eigenvalue weighted by Crippen LogP contribution is -2.29. The van der Waals surface area contributed by atoms with Crippen LogP contribution < -0.4 is 9.64 Å². The number of para-hydroxylation sites is 1. The number of aliphatic hydroxyl groups is 1. The second kappa shape index (κ2) is 9.72. The third-order valence-corrected chi connectivity index (χ3v) is 6.28. The Labute approximate surface area is 213 Å². The van der Waals surface area contributed by atoms with Crippen molar-refractivity contribution in [1.29, 1.82) is 0 Å². The molecule has 0 bridgehead atoms. The quantitative estimate of drug-likeness (QED) is 0.183.